The van der Waals surface area contributed by atoms with E-state index in [0.717, 1.165) is 25.6 Å². The van der Waals surface area contributed by atoms with Crippen molar-refractivity contribution >= 4 is 17.5 Å². The summed E-state index contributed by atoms with van der Waals surface area (Å²) in [6, 6.07) is 3.95. The predicted octanol–water partition coefficient (Wildman–Crippen LogP) is 1.34. The van der Waals surface area contributed by atoms with E-state index in [1.807, 2.05) is 0 Å². The minimum absolute atomic E-state index is 0.123. The van der Waals surface area contributed by atoms with Gasteiger partial charge in [0.15, 0.2) is 6.61 Å². The van der Waals surface area contributed by atoms with Crippen LogP contribution in [-0.2, 0) is 4.79 Å². The van der Waals surface area contributed by atoms with E-state index in [9.17, 15) is 9.18 Å². The summed E-state index contributed by atoms with van der Waals surface area (Å²) in [5.41, 5.74) is 0. The van der Waals surface area contributed by atoms with E-state index in [1.165, 1.54) is 12.1 Å². The molecule has 0 saturated carbocycles. The third-order valence-electron chi connectivity index (χ3n) is 2.68. The second-order valence-corrected chi connectivity index (χ2v) is 4.53. The molecule has 18 heavy (non-hydrogen) atoms. The van der Waals surface area contributed by atoms with Gasteiger partial charge >= 0.3 is 0 Å². The third kappa shape index (κ3) is 3.58. The smallest absolute Gasteiger partial charge is 0.258 e. The first-order valence-corrected chi connectivity index (χ1v) is 6.11. The lowest BCUT2D eigenvalue weighted by Gasteiger charge is -2.12. The zero-order valence-electron chi connectivity index (χ0n) is 9.71. The van der Waals surface area contributed by atoms with E-state index in [2.05, 4.69) is 10.6 Å². The Bertz CT molecular complexity index is 436. The molecule has 0 aliphatic carbocycles. The Morgan fingerprint density at radius 3 is 3.11 bits per heavy atom. The van der Waals surface area contributed by atoms with Gasteiger partial charge in [-0.05, 0) is 31.2 Å². The lowest BCUT2D eigenvalue weighted by Crippen LogP contribution is -2.39. The van der Waals surface area contributed by atoms with E-state index in [4.69, 9.17) is 16.3 Å². The number of carbonyl (C=O) groups excluding carboxylic acids is 1. The normalized spacial score (nSPS) is 18.7. The molecule has 0 spiro atoms. The van der Waals surface area contributed by atoms with Gasteiger partial charge in [0.05, 0.1) is 5.02 Å². The van der Waals surface area contributed by atoms with E-state index in [1.54, 1.807) is 0 Å². The lowest BCUT2D eigenvalue weighted by atomic mass is 10.2. The van der Waals surface area contributed by atoms with Crippen LogP contribution < -0.4 is 15.4 Å². The fourth-order valence-corrected chi connectivity index (χ4v) is 2.00. The highest BCUT2D eigenvalue weighted by Crippen LogP contribution is 2.24. The molecule has 0 bridgehead atoms. The number of hydrogen-bond donors (Lipinski definition) is 2. The average molecular weight is 273 g/mol. The quantitative estimate of drug-likeness (QED) is 0.870. The van der Waals surface area contributed by atoms with Crippen molar-refractivity contribution in [1.29, 1.82) is 0 Å². The van der Waals surface area contributed by atoms with Crippen molar-refractivity contribution in [2.24, 2.45) is 0 Å². The summed E-state index contributed by atoms with van der Waals surface area (Å²) in [4.78, 5) is 11.6. The van der Waals surface area contributed by atoms with Crippen LogP contribution in [0.5, 0.6) is 5.75 Å². The van der Waals surface area contributed by atoms with E-state index >= 15 is 0 Å². The van der Waals surface area contributed by atoms with Crippen LogP contribution in [0.25, 0.3) is 0 Å². The summed E-state index contributed by atoms with van der Waals surface area (Å²) in [6.45, 7) is 1.57. The fraction of sp³-hybridized carbons (Fsp3) is 0.417. The molecule has 2 N–H and O–H groups in total. The van der Waals surface area contributed by atoms with Crippen molar-refractivity contribution in [3.05, 3.63) is 29.0 Å². The van der Waals surface area contributed by atoms with Gasteiger partial charge in [-0.1, -0.05) is 11.6 Å². The molecule has 1 aromatic rings. The average Bonchev–Trinajstić information content (AvgIpc) is 2.80. The first kappa shape index (κ1) is 13.1. The van der Waals surface area contributed by atoms with Gasteiger partial charge in [0.1, 0.15) is 11.6 Å². The number of hydrogen-bond acceptors (Lipinski definition) is 3. The Morgan fingerprint density at radius 1 is 1.61 bits per heavy atom. The molecule has 6 heteroatoms. The van der Waals surface area contributed by atoms with E-state index in [0.29, 0.717) is 5.75 Å². The van der Waals surface area contributed by atoms with Gasteiger partial charge in [0, 0.05) is 12.6 Å². The largest absolute Gasteiger partial charge is 0.482 e. The van der Waals surface area contributed by atoms with E-state index < -0.39 is 5.82 Å². The van der Waals surface area contributed by atoms with E-state index in [-0.39, 0.29) is 23.6 Å². The maximum atomic E-state index is 12.8. The Kier molecular flexibility index (Phi) is 4.38. The van der Waals surface area contributed by atoms with Gasteiger partial charge < -0.3 is 15.4 Å². The number of halogens is 2. The number of nitrogens with one attached hydrogen (secondary N) is 2. The number of carbonyl (C=O) groups is 1. The maximum Gasteiger partial charge on any atom is 0.258 e. The molecule has 1 unspecified atom stereocenters. The molecule has 0 radical (unpaired) electrons. The van der Waals surface area contributed by atoms with Gasteiger partial charge in [-0.3, -0.25) is 4.79 Å². The molecule has 1 aliphatic heterocycles. The van der Waals surface area contributed by atoms with Crippen LogP contribution in [0.2, 0.25) is 5.02 Å². The molecular weight excluding hydrogens is 259 g/mol. The van der Waals surface area contributed by atoms with Gasteiger partial charge in [0.2, 0.25) is 0 Å². The van der Waals surface area contributed by atoms with Crippen molar-refractivity contribution in [1.82, 2.24) is 10.6 Å². The Hall–Kier alpha value is -1.33. The van der Waals surface area contributed by atoms with Crippen LogP contribution >= 0.6 is 11.6 Å². The Labute approximate surface area is 109 Å². The summed E-state index contributed by atoms with van der Waals surface area (Å²) in [7, 11) is 0. The second-order valence-electron chi connectivity index (χ2n) is 4.12. The first-order valence-electron chi connectivity index (χ1n) is 5.73. The zero-order chi connectivity index (χ0) is 13.0. The zero-order valence-corrected chi connectivity index (χ0v) is 10.5. The minimum atomic E-state index is -0.436. The summed E-state index contributed by atoms with van der Waals surface area (Å²) < 4.78 is 18.0. The summed E-state index contributed by atoms with van der Waals surface area (Å²) in [5.74, 6) is -0.337. The van der Waals surface area contributed by atoms with Crippen LogP contribution in [0.3, 0.4) is 0 Å². The van der Waals surface area contributed by atoms with Gasteiger partial charge in [-0.25, -0.2) is 4.39 Å². The molecule has 1 saturated heterocycles. The Balaban J connectivity index is 1.81. The van der Waals surface area contributed by atoms with Gasteiger partial charge in [-0.2, -0.15) is 0 Å². The van der Waals surface area contributed by atoms with Crippen molar-refractivity contribution in [2.75, 3.05) is 19.7 Å². The summed E-state index contributed by atoms with van der Waals surface area (Å²) in [5, 5.41) is 6.14. The van der Waals surface area contributed by atoms with Gasteiger partial charge in [0.25, 0.3) is 5.91 Å². The molecule has 98 valence electrons. The number of benzene rings is 1. The molecule has 1 fully saturated rings. The molecule has 2 rings (SSSR count). The van der Waals surface area contributed by atoms with Crippen LogP contribution in [0.1, 0.15) is 6.42 Å². The second kappa shape index (κ2) is 6.02. The highest BCUT2D eigenvalue weighted by molar-refractivity contribution is 6.32. The molecule has 1 aromatic carbocycles. The van der Waals surface area contributed by atoms with Crippen molar-refractivity contribution in [2.45, 2.75) is 12.5 Å². The summed E-state index contributed by atoms with van der Waals surface area (Å²) in [6.07, 6.45) is 0.920. The molecule has 1 aliphatic rings. The maximum absolute atomic E-state index is 12.8. The Morgan fingerprint density at radius 2 is 2.44 bits per heavy atom. The summed E-state index contributed by atoms with van der Waals surface area (Å²) >= 11 is 5.78. The van der Waals surface area contributed by atoms with Crippen molar-refractivity contribution in [3.63, 3.8) is 0 Å². The number of amides is 1. The minimum Gasteiger partial charge on any atom is -0.482 e. The number of ether oxygens (including phenoxy) is 1. The highest BCUT2D eigenvalue weighted by Gasteiger charge is 2.16. The molecule has 1 heterocycles. The van der Waals surface area contributed by atoms with Gasteiger partial charge in [-0.15, -0.1) is 0 Å². The molecule has 4 nitrogen and oxygen atoms in total. The third-order valence-corrected chi connectivity index (χ3v) is 2.97. The number of rotatable bonds is 4. The van der Waals surface area contributed by atoms with Crippen molar-refractivity contribution in [3.8, 4) is 5.75 Å². The first-order chi connectivity index (χ1) is 8.65. The molecular formula is C12H14ClFN2O2. The predicted molar refractivity (Wildman–Crippen MR) is 66.3 cm³/mol. The highest BCUT2D eigenvalue weighted by atomic mass is 35.5. The van der Waals surface area contributed by atoms with Crippen LogP contribution in [0.15, 0.2) is 18.2 Å². The SMILES string of the molecule is O=C(COc1ccc(F)cc1Cl)NC1CCNC1. The van der Waals surface area contributed by atoms with Crippen LogP contribution in [0.4, 0.5) is 4.39 Å². The topological polar surface area (TPSA) is 50.4 Å². The van der Waals surface area contributed by atoms with Crippen molar-refractivity contribution < 1.29 is 13.9 Å². The monoisotopic (exact) mass is 272 g/mol. The molecule has 1 amide bonds. The fourth-order valence-electron chi connectivity index (χ4n) is 1.78. The lowest BCUT2D eigenvalue weighted by molar-refractivity contribution is -0.123. The molecule has 1 atom stereocenters. The van der Waals surface area contributed by atoms with Crippen LogP contribution in [-0.4, -0.2) is 31.6 Å². The molecule has 0 aromatic heterocycles. The van der Waals surface area contributed by atoms with Crippen LogP contribution in [0, 0.1) is 5.82 Å². The standard InChI is InChI=1S/C12H14ClFN2O2/c13-10-5-8(14)1-2-11(10)18-7-12(17)16-9-3-4-15-6-9/h1-2,5,9,15H,3-4,6-7H2,(H,16,17).